The number of piperidine rings is 1. The third-order valence-corrected chi connectivity index (χ3v) is 4.50. The highest BCUT2D eigenvalue weighted by molar-refractivity contribution is 5.94. The van der Waals surface area contributed by atoms with Crippen LogP contribution in [0.5, 0.6) is 0 Å². The summed E-state index contributed by atoms with van der Waals surface area (Å²) >= 11 is 0. The summed E-state index contributed by atoms with van der Waals surface area (Å²) in [6.45, 7) is 0.950. The van der Waals surface area contributed by atoms with E-state index in [0.717, 1.165) is 30.5 Å². The molecule has 1 aromatic rings. The van der Waals surface area contributed by atoms with Gasteiger partial charge in [-0.25, -0.2) is 0 Å². The minimum Gasteiger partial charge on any atom is -0.369 e. The highest BCUT2D eigenvalue weighted by Gasteiger charge is 2.28. The van der Waals surface area contributed by atoms with Gasteiger partial charge in [-0.3, -0.25) is 14.4 Å². The number of fused-ring (bicyclic) bond motifs is 1. The van der Waals surface area contributed by atoms with Gasteiger partial charge in [-0.05, 0) is 43.7 Å². The lowest BCUT2D eigenvalue weighted by molar-refractivity contribution is -0.123. The van der Waals surface area contributed by atoms with Gasteiger partial charge in [-0.15, -0.1) is 0 Å². The van der Waals surface area contributed by atoms with Crippen LogP contribution in [0, 0.1) is 5.92 Å². The number of carbonyl (C=O) groups excluding carboxylic acids is 2. The zero-order valence-electron chi connectivity index (χ0n) is 11.9. The fraction of sp³-hybridized carbons (Fsp3) is 0.533. The predicted octanol–water partition coefficient (Wildman–Crippen LogP) is 0.201. The van der Waals surface area contributed by atoms with Crippen molar-refractivity contribution < 1.29 is 9.59 Å². The molecular weight excluding hydrogens is 270 g/mol. The first kappa shape index (κ1) is 13.9. The number of primary amides is 1. The second-order valence-corrected chi connectivity index (χ2v) is 5.84. The average molecular weight is 289 g/mol. The summed E-state index contributed by atoms with van der Waals surface area (Å²) in [5.74, 6) is -0.710. The summed E-state index contributed by atoms with van der Waals surface area (Å²) in [5, 5.41) is 0. The number of nitrogens with one attached hydrogen (secondary N) is 1. The molecule has 1 fully saturated rings. The quantitative estimate of drug-likeness (QED) is 0.814. The Balaban J connectivity index is 1.77. The summed E-state index contributed by atoms with van der Waals surface area (Å²) in [5.41, 5.74) is 7.23. The first-order valence-electron chi connectivity index (χ1n) is 7.40. The fourth-order valence-corrected chi connectivity index (χ4v) is 3.21. The van der Waals surface area contributed by atoms with Crippen molar-refractivity contribution in [1.29, 1.82) is 0 Å². The number of likely N-dealkylation sites (tertiary alicyclic amines) is 1. The van der Waals surface area contributed by atoms with Crippen LogP contribution in [-0.2, 0) is 17.6 Å². The molecule has 0 radical (unpaired) electrons. The molecule has 3 N–H and O–H groups in total. The minimum absolute atomic E-state index is 0.160. The molecule has 6 nitrogen and oxygen atoms in total. The smallest absolute Gasteiger partial charge is 0.261 e. The second-order valence-electron chi connectivity index (χ2n) is 5.84. The Morgan fingerprint density at radius 3 is 2.62 bits per heavy atom. The van der Waals surface area contributed by atoms with E-state index >= 15 is 0 Å². The van der Waals surface area contributed by atoms with Crippen LogP contribution in [0.2, 0.25) is 0 Å². The van der Waals surface area contributed by atoms with Crippen molar-refractivity contribution >= 4 is 11.8 Å². The van der Waals surface area contributed by atoms with E-state index in [0.29, 0.717) is 25.9 Å². The van der Waals surface area contributed by atoms with Crippen LogP contribution < -0.4 is 11.3 Å². The van der Waals surface area contributed by atoms with Crippen LogP contribution in [0.1, 0.15) is 40.9 Å². The molecule has 2 heterocycles. The maximum atomic E-state index is 12.5. The van der Waals surface area contributed by atoms with Gasteiger partial charge in [0.2, 0.25) is 5.91 Å². The Kier molecular flexibility index (Phi) is 3.53. The van der Waals surface area contributed by atoms with Crippen LogP contribution in [0.3, 0.4) is 0 Å². The Morgan fingerprint density at radius 1 is 1.24 bits per heavy atom. The van der Waals surface area contributed by atoms with Crippen molar-refractivity contribution in [3.8, 4) is 0 Å². The number of aryl methyl sites for hydroxylation is 2. The number of carbonyl (C=O) groups is 2. The molecule has 0 spiro atoms. The molecule has 0 atom stereocenters. The zero-order valence-corrected chi connectivity index (χ0v) is 11.9. The molecule has 1 aromatic heterocycles. The van der Waals surface area contributed by atoms with E-state index in [-0.39, 0.29) is 28.9 Å². The molecule has 21 heavy (non-hydrogen) atoms. The van der Waals surface area contributed by atoms with Crippen molar-refractivity contribution in [3.63, 3.8) is 0 Å². The lowest BCUT2D eigenvalue weighted by Crippen LogP contribution is -2.43. The number of aromatic amines is 1. The van der Waals surface area contributed by atoms with Crippen molar-refractivity contribution in [1.82, 2.24) is 9.88 Å². The van der Waals surface area contributed by atoms with Gasteiger partial charge in [0.25, 0.3) is 11.5 Å². The number of rotatable bonds is 2. The number of hydrogen-bond donors (Lipinski definition) is 2. The van der Waals surface area contributed by atoms with Gasteiger partial charge in [0.05, 0.1) is 0 Å². The number of pyridine rings is 1. The molecule has 2 aliphatic rings. The van der Waals surface area contributed by atoms with Crippen molar-refractivity contribution in [2.24, 2.45) is 11.7 Å². The molecule has 6 heteroatoms. The van der Waals surface area contributed by atoms with E-state index in [1.165, 1.54) is 0 Å². The fourth-order valence-electron chi connectivity index (χ4n) is 3.21. The van der Waals surface area contributed by atoms with E-state index in [1.54, 1.807) is 11.0 Å². The third-order valence-electron chi connectivity index (χ3n) is 4.50. The molecule has 112 valence electrons. The highest BCUT2D eigenvalue weighted by Crippen LogP contribution is 2.21. The average Bonchev–Trinajstić information content (AvgIpc) is 2.93. The Bertz CT molecular complexity index is 642. The number of nitrogens with two attached hydrogens (primary N) is 1. The largest absolute Gasteiger partial charge is 0.369 e. The van der Waals surface area contributed by atoms with Gasteiger partial charge >= 0.3 is 0 Å². The third kappa shape index (κ3) is 2.57. The highest BCUT2D eigenvalue weighted by atomic mass is 16.2. The molecule has 0 unspecified atom stereocenters. The van der Waals surface area contributed by atoms with Crippen LogP contribution in [0.4, 0.5) is 0 Å². The number of H-pyrrole nitrogens is 1. The zero-order chi connectivity index (χ0) is 15.0. The molecule has 1 aliphatic heterocycles. The Morgan fingerprint density at radius 2 is 1.95 bits per heavy atom. The number of aromatic nitrogens is 1. The SMILES string of the molecule is NC(=O)C1CCN(C(=O)c2cc3c([nH]c2=O)CCC3)CC1. The van der Waals surface area contributed by atoms with E-state index in [2.05, 4.69) is 4.98 Å². The predicted molar refractivity (Wildman–Crippen MR) is 76.9 cm³/mol. The van der Waals surface area contributed by atoms with Crippen molar-refractivity contribution in [2.45, 2.75) is 32.1 Å². The van der Waals surface area contributed by atoms with Gasteiger partial charge in [-0.2, -0.15) is 0 Å². The molecule has 0 aromatic carbocycles. The van der Waals surface area contributed by atoms with Gasteiger partial charge in [0, 0.05) is 24.7 Å². The van der Waals surface area contributed by atoms with Gasteiger partial charge in [0.15, 0.2) is 0 Å². The summed E-state index contributed by atoms with van der Waals surface area (Å²) < 4.78 is 0. The van der Waals surface area contributed by atoms with E-state index in [1.807, 2.05) is 0 Å². The van der Waals surface area contributed by atoms with Crippen molar-refractivity contribution in [3.05, 3.63) is 33.2 Å². The second kappa shape index (κ2) is 5.35. The minimum atomic E-state index is -0.308. The molecular formula is C15H19N3O3. The standard InChI is InChI=1S/C15H19N3O3/c16-13(19)9-4-6-18(7-5-9)15(21)11-8-10-2-1-3-12(10)17-14(11)20/h8-9H,1-7H2,(H2,16,19)(H,17,20). The molecule has 1 aliphatic carbocycles. The normalized spacial score (nSPS) is 18.6. The number of amides is 2. The maximum absolute atomic E-state index is 12.5. The summed E-state index contributed by atoms with van der Waals surface area (Å²) in [6, 6.07) is 1.74. The van der Waals surface area contributed by atoms with E-state index in [4.69, 9.17) is 5.73 Å². The van der Waals surface area contributed by atoms with Gasteiger partial charge < -0.3 is 15.6 Å². The molecule has 0 bridgehead atoms. The Hall–Kier alpha value is -2.11. The summed E-state index contributed by atoms with van der Waals surface area (Å²) in [7, 11) is 0. The molecule has 2 amide bonds. The lowest BCUT2D eigenvalue weighted by Gasteiger charge is -2.30. The number of nitrogens with zero attached hydrogens (tertiary/aromatic N) is 1. The first-order valence-corrected chi connectivity index (χ1v) is 7.40. The number of hydrogen-bond acceptors (Lipinski definition) is 3. The maximum Gasteiger partial charge on any atom is 0.261 e. The first-order chi connectivity index (χ1) is 10.1. The topological polar surface area (TPSA) is 96.3 Å². The molecule has 0 saturated carbocycles. The monoisotopic (exact) mass is 289 g/mol. The van der Waals surface area contributed by atoms with Crippen molar-refractivity contribution in [2.75, 3.05) is 13.1 Å². The summed E-state index contributed by atoms with van der Waals surface area (Å²) in [4.78, 5) is 40.2. The van der Waals surface area contributed by atoms with Crippen LogP contribution in [0.25, 0.3) is 0 Å². The molecule has 3 rings (SSSR count). The lowest BCUT2D eigenvalue weighted by atomic mass is 9.96. The molecule has 1 saturated heterocycles. The van der Waals surface area contributed by atoms with Gasteiger partial charge in [-0.1, -0.05) is 0 Å². The van der Waals surface area contributed by atoms with E-state index < -0.39 is 0 Å². The Labute approximate surface area is 122 Å². The summed E-state index contributed by atoms with van der Waals surface area (Å²) in [6.07, 6.45) is 3.96. The van der Waals surface area contributed by atoms with Gasteiger partial charge in [0.1, 0.15) is 5.56 Å². The van der Waals surface area contributed by atoms with Crippen LogP contribution >= 0.6 is 0 Å². The van der Waals surface area contributed by atoms with E-state index in [9.17, 15) is 14.4 Å². The van der Waals surface area contributed by atoms with Crippen LogP contribution in [0.15, 0.2) is 10.9 Å². The van der Waals surface area contributed by atoms with Crippen LogP contribution in [-0.4, -0.2) is 34.8 Å².